The molecule has 0 amide bonds. The third-order valence-corrected chi connectivity index (χ3v) is 7.48. The SMILES string of the molecule is CCCCCCCCCCCCCCC(COCCOCCOCCOP(=O)(O)O)Oc1cccc2ccccc12. The highest BCUT2D eigenvalue weighted by molar-refractivity contribution is 7.46. The maximum absolute atomic E-state index is 10.6. The van der Waals surface area contributed by atoms with Crippen LogP contribution in [0, 0.1) is 0 Å². The first kappa shape index (κ1) is 35.7. The molecule has 0 aliphatic heterocycles. The minimum absolute atomic E-state index is 0.0266. The van der Waals surface area contributed by atoms with Gasteiger partial charge in [0, 0.05) is 5.39 Å². The molecule has 0 saturated carbocycles. The fourth-order valence-corrected chi connectivity index (χ4v) is 5.05. The Bertz CT molecular complexity index is 945. The van der Waals surface area contributed by atoms with Gasteiger partial charge >= 0.3 is 7.82 Å². The van der Waals surface area contributed by atoms with Gasteiger partial charge in [0.25, 0.3) is 0 Å². The topological polar surface area (TPSA) is 104 Å². The van der Waals surface area contributed by atoms with Crippen LogP contribution in [0.1, 0.15) is 90.4 Å². The third kappa shape index (κ3) is 18.6. The van der Waals surface area contributed by atoms with Gasteiger partial charge in [0.1, 0.15) is 11.9 Å². The maximum atomic E-state index is 10.6. The van der Waals surface area contributed by atoms with Crippen LogP contribution in [-0.4, -0.2) is 62.1 Å². The molecule has 0 fully saturated rings. The van der Waals surface area contributed by atoms with Gasteiger partial charge in [0.05, 0.1) is 46.2 Å². The van der Waals surface area contributed by atoms with Gasteiger partial charge in [-0.25, -0.2) is 4.57 Å². The van der Waals surface area contributed by atoms with E-state index in [1.165, 1.54) is 76.0 Å². The Morgan fingerprint density at radius 2 is 1.20 bits per heavy atom. The fraction of sp³-hybridized carbons (Fsp3) is 0.688. The third-order valence-electron chi connectivity index (χ3n) is 6.96. The van der Waals surface area contributed by atoms with E-state index in [0.29, 0.717) is 33.0 Å². The van der Waals surface area contributed by atoms with Gasteiger partial charge in [0.2, 0.25) is 0 Å². The van der Waals surface area contributed by atoms with E-state index in [1.807, 2.05) is 24.3 Å². The molecule has 234 valence electrons. The molecule has 2 N–H and O–H groups in total. The van der Waals surface area contributed by atoms with Crippen LogP contribution in [0.25, 0.3) is 10.8 Å². The van der Waals surface area contributed by atoms with Crippen LogP contribution in [0.2, 0.25) is 0 Å². The second-order valence-electron chi connectivity index (χ2n) is 10.5. The highest BCUT2D eigenvalue weighted by Gasteiger charge is 2.14. The van der Waals surface area contributed by atoms with E-state index in [2.05, 4.69) is 29.6 Å². The number of phosphoric ester groups is 1. The maximum Gasteiger partial charge on any atom is 0.469 e. The lowest BCUT2D eigenvalue weighted by Gasteiger charge is -2.20. The van der Waals surface area contributed by atoms with Crippen molar-refractivity contribution in [2.45, 2.75) is 96.5 Å². The smallest absolute Gasteiger partial charge is 0.469 e. The molecule has 2 aromatic carbocycles. The zero-order chi connectivity index (χ0) is 29.4. The lowest BCUT2D eigenvalue weighted by atomic mass is 10.0. The van der Waals surface area contributed by atoms with Crippen LogP contribution in [0.4, 0.5) is 0 Å². The number of fused-ring (bicyclic) bond motifs is 1. The number of unbranched alkanes of at least 4 members (excludes halogenated alkanes) is 11. The van der Waals surface area contributed by atoms with Crippen LogP contribution in [0.3, 0.4) is 0 Å². The van der Waals surface area contributed by atoms with E-state index in [4.69, 9.17) is 28.7 Å². The molecule has 2 aromatic rings. The van der Waals surface area contributed by atoms with Crippen molar-refractivity contribution in [2.75, 3.05) is 46.2 Å². The zero-order valence-corrected chi connectivity index (χ0v) is 25.9. The van der Waals surface area contributed by atoms with Crippen molar-refractivity contribution in [1.29, 1.82) is 0 Å². The van der Waals surface area contributed by atoms with Crippen molar-refractivity contribution in [3.63, 3.8) is 0 Å². The molecule has 0 aliphatic carbocycles. The Hall–Kier alpha value is -1.51. The van der Waals surface area contributed by atoms with E-state index in [-0.39, 0.29) is 19.3 Å². The molecule has 0 bridgehead atoms. The number of phosphoric acid groups is 1. The number of benzene rings is 2. The summed E-state index contributed by atoms with van der Waals surface area (Å²) in [6.07, 6.45) is 16.8. The highest BCUT2D eigenvalue weighted by Crippen LogP contribution is 2.35. The summed E-state index contributed by atoms with van der Waals surface area (Å²) < 4.78 is 38.1. The number of hydrogen-bond acceptors (Lipinski definition) is 6. The van der Waals surface area contributed by atoms with Crippen molar-refractivity contribution in [3.05, 3.63) is 42.5 Å². The van der Waals surface area contributed by atoms with Gasteiger partial charge in [-0.2, -0.15) is 0 Å². The summed E-state index contributed by atoms with van der Waals surface area (Å²) in [5, 5.41) is 2.28. The van der Waals surface area contributed by atoms with E-state index in [0.717, 1.165) is 24.0 Å². The second-order valence-corrected chi connectivity index (χ2v) is 11.8. The molecule has 9 heteroatoms. The lowest BCUT2D eigenvalue weighted by molar-refractivity contribution is -0.00935. The van der Waals surface area contributed by atoms with Gasteiger partial charge in [-0.1, -0.05) is 114 Å². The Balaban J connectivity index is 1.63. The summed E-state index contributed by atoms with van der Waals surface area (Å²) in [5.41, 5.74) is 0. The molecular weight excluding hydrogens is 543 g/mol. The molecule has 41 heavy (non-hydrogen) atoms. The number of ether oxygens (including phenoxy) is 4. The predicted octanol–water partition coefficient (Wildman–Crippen LogP) is 7.84. The van der Waals surface area contributed by atoms with Gasteiger partial charge in [-0.05, 0) is 24.3 Å². The minimum atomic E-state index is -4.44. The Morgan fingerprint density at radius 1 is 0.659 bits per heavy atom. The quantitative estimate of drug-likeness (QED) is 0.0794. The average Bonchev–Trinajstić information content (AvgIpc) is 2.95. The van der Waals surface area contributed by atoms with E-state index < -0.39 is 7.82 Å². The zero-order valence-electron chi connectivity index (χ0n) is 25.1. The van der Waals surface area contributed by atoms with Crippen LogP contribution >= 0.6 is 7.82 Å². The molecule has 0 aliphatic rings. The lowest BCUT2D eigenvalue weighted by Crippen LogP contribution is -2.24. The molecule has 0 saturated heterocycles. The van der Waals surface area contributed by atoms with Crippen LogP contribution < -0.4 is 4.74 Å². The molecule has 2 rings (SSSR count). The fourth-order valence-electron chi connectivity index (χ4n) is 4.74. The van der Waals surface area contributed by atoms with Gasteiger partial charge in [-0.15, -0.1) is 0 Å². The monoisotopic (exact) mass is 596 g/mol. The molecule has 0 radical (unpaired) electrons. The Kier molecular flexibility index (Phi) is 20.0. The Morgan fingerprint density at radius 3 is 1.83 bits per heavy atom. The summed E-state index contributed by atoms with van der Waals surface area (Å²) in [7, 11) is -4.44. The molecule has 8 nitrogen and oxygen atoms in total. The van der Waals surface area contributed by atoms with Crippen molar-refractivity contribution in [1.82, 2.24) is 0 Å². The first-order valence-corrected chi connectivity index (χ1v) is 17.1. The number of hydrogen-bond donors (Lipinski definition) is 2. The normalized spacial score (nSPS) is 12.7. The average molecular weight is 597 g/mol. The standard InChI is InChI=1S/C32H53O8P/c1-2-3-4-5-6-7-8-9-10-11-12-13-19-30(40-32-21-16-18-29-17-14-15-20-31(29)32)28-38-25-24-36-22-23-37-26-27-39-41(33,34)35/h14-18,20-21,30H,2-13,19,22-28H2,1H3,(H2,33,34,35). The molecule has 0 heterocycles. The van der Waals surface area contributed by atoms with Gasteiger partial charge < -0.3 is 28.7 Å². The van der Waals surface area contributed by atoms with Crippen molar-refractivity contribution < 1.29 is 37.8 Å². The number of rotatable bonds is 27. The molecule has 1 unspecified atom stereocenters. The largest absolute Gasteiger partial charge is 0.487 e. The van der Waals surface area contributed by atoms with Crippen LogP contribution in [0.5, 0.6) is 5.75 Å². The van der Waals surface area contributed by atoms with E-state index in [1.54, 1.807) is 0 Å². The van der Waals surface area contributed by atoms with Gasteiger partial charge in [0.15, 0.2) is 0 Å². The Labute approximate surface area is 247 Å². The van der Waals surface area contributed by atoms with Crippen molar-refractivity contribution in [2.24, 2.45) is 0 Å². The van der Waals surface area contributed by atoms with Crippen molar-refractivity contribution >= 4 is 18.6 Å². The summed E-state index contributed by atoms with van der Waals surface area (Å²) in [6.45, 7) is 4.27. The minimum Gasteiger partial charge on any atom is -0.487 e. The first-order chi connectivity index (χ1) is 20.0. The first-order valence-electron chi connectivity index (χ1n) is 15.6. The predicted molar refractivity (Wildman–Crippen MR) is 165 cm³/mol. The molecule has 0 aromatic heterocycles. The summed E-state index contributed by atoms with van der Waals surface area (Å²) in [5.74, 6) is 0.895. The van der Waals surface area contributed by atoms with Crippen LogP contribution in [0.15, 0.2) is 42.5 Å². The van der Waals surface area contributed by atoms with E-state index in [9.17, 15) is 4.57 Å². The highest BCUT2D eigenvalue weighted by atomic mass is 31.2. The summed E-state index contributed by atoms with van der Waals surface area (Å²) in [4.78, 5) is 17.3. The van der Waals surface area contributed by atoms with Crippen molar-refractivity contribution in [3.8, 4) is 5.75 Å². The summed E-state index contributed by atoms with van der Waals surface area (Å²) in [6, 6.07) is 14.5. The summed E-state index contributed by atoms with van der Waals surface area (Å²) >= 11 is 0. The molecule has 1 atom stereocenters. The second kappa shape index (κ2) is 23.0. The molecule has 0 spiro atoms. The molecular formula is C32H53O8P. The van der Waals surface area contributed by atoms with E-state index >= 15 is 0 Å². The van der Waals surface area contributed by atoms with Gasteiger partial charge in [-0.3, -0.25) is 4.52 Å². The van der Waals surface area contributed by atoms with Crippen LogP contribution in [-0.2, 0) is 23.3 Å².